The molecule has 0 atom stereocenters. The lowest BCUT2D eigenvalue weighted by Crippen LogP contribution is -2.40. The summed E-state index contributed by atoms with van der Waals surface area (Å²) in [5.74, 6) is 0.981. The Morgan fingerprint density at radius 2 is 2.11 bits per heavy atom. The largest absolute Gasteiger partial charge is 0.359 e. The lowest BCUT2D eigenvalue weighted by molar-refractivity contribution is 0.821. The van der Waals surface area contributed by atoms with Crippen molar-refractivity contribution in [3.8, 4) is 0 Å². The van der Waals surface area contributed by atoms with Crippen LogP contribution in [0.2, 0.25) is 0 Å². The number of aromatic nitrogens is 2. The van der Waals surface area contributed by atoms with Crippen LogP contribution >= 0.6 is 12.2 Å². The maximum atomic E-state index is 5.47. The number of hydrogen-bond donors (Lipinski definition) is 1. The standard InChI is InChI=1S/C13H14N4S/c18-13(14-9-5-6-9)17-8-7-16-11-4-2-1-3-10(11)15-12(16)17/h1-4,9H,5-8H2,(H,14,18). The van der Waals surface area contributed by atoms with Crippen molar-refractivity contribution in [2.75, 3.05) is 11.4 Å². The van der Waals surface area contributed by atoms with Gasteiger partial charge in [0.15, 0.2) is 5.11 Å². The number of rotatable bonds is 1. The Labute approximate surface area is 111 Å². The Bertz CT molecular complexity index is 629. The highest BCUT2D eigenvalue weighted by molar-refractivity contribution is 7.80. The topological polar surface area (TPSA) is 33.1 Å². The second-order valence-corrected chi connectivity index (χ2v) is 5.31. The number of imidazole rings is 1. The Kier molecular flexibility index (Phi) is 2.11. The summed E-state index contributed by atoms with van der Waals surface area (Å²) in [6, 6.07) is 8.84. The molecule has 4 nitrogen and oxygen atoms in total. The quantitative estimate of drug-likeness (QED) is 0.792. The normalized spacial score (nSPS) is 18.1. The van der Waals surface area contributed by atoms with Crippen molar-refractivity contribution in [3.63, 3.8) is 0 Å². The Morgan fingerprint density at radius 1 is 1.28 bits per heavy atom. The summed E-state index contributed by atoms with van der Waals surface area (Å²) < 4.78 is 2.25. The summed E-state index contributed by atoms with van der Waals surface area (Å²) in [5, 5.41) is 4.21. The smallest absolute Gasteiger partial charge is 0.213 e. The van der Waals surface area contributed by atoms with E-state index in [-0.39, 0.29) is 0 Å². The molecule has 1 aromatic heterocycles. The van der Waals surface area contributed by atoms with E-state index in [9.17, 15) is 0 Å². The van der Waals surface area contributed by atoms with E-state index in [1.165, 1.54) is 18.4 Å². The minimum absolute atomic E-state index is 0.593. The van der Waals surface area contributed by atoms with Crippen LogP contribution in [0.25, 0.3) is 11.0 Å². The summed E-state index contributed by atoms with van der Waals surface area (Å²) in [7, 11) is 0. The van der Waals surface area contributed by atoms with Gasteiger partial charge in [0.2, 0.25) is 5.95 Å². The van der Waals surface area contributed by atoms with E-state index in [2.05, 4.69) is 38.0 Å². The van der Waals surface area contributed by atoms with Gasteiger partial charge >= 0.3 is 0 Å². The molecule has 4 rings (SSSR count). The van der Waals surface area contributed by atoms with Gasteiger partial charge in [-0.3, -0.25) is 4.90 Å². The van der Waals surface area contributed by atoms with E-state index in [0.29, 0.717) is 6.04 Å². The fourth-order valence-electron chi connectivity index (χ4n) is 2.46. The van der Waals surface area contributed by atoms with Gasteiger partial charge in [-0.15, -0.1) is 0 Å². The fourth-order valence-corrected chi connectivity index (χ4v) is 2.80. The predicted octanol–water partition coefficient (Wildman–Crippen LogP) is 1.89. The maximum Gasteiger partial charge on any atom is 0.213 e. The van der Waals surface area contributed by atoms with Crippen molar-refractivity contribution in [1.82, 2.24) is 14.9 Å². The van der Waals surface area contributed by atoms with Gasteiger partial charge in [0.1, 0.15) is 0 Å². The second-order valence-electron chi connectivity index (χ2n) is 4.93. The molecule has 1 aliphatic carbocycles. The van der Waals surface area contributed by atoms with Crippen LogP contribution in [0, 0.1) is 0 Å². The molecule has 0 amide bonds. The number of benzene rings is 1. The molecular formula is C13H14N4S. The molecule has 2 aromatic rings. The lowest BCUT2D eigenvalue weighted by Gasteiger charge is -2.17. The number of fused-ring (bicyclic) bond motifs is 3. The average Bonchev–Trinajstić information content (AvgIpc) is 2.97. The first kappa shape index (κ1) is 10.3. The Morgan fingerprint density at radius 3 is 2.94 bits per heavy atom. The molecule has 0 radical (unpaired) electrons. The number of nitrogens with one attached hydrogen (secondary N) is 1. The van der Waals surface area contributed by atoms with Crippen LogP contribution in [0.4, 0.5) is 5.95 Å². The van der Waals surface area contributed by atoms with Crippen molar-refractivity contribution in [3.05, 3.63) is 24.3 Å². The van der Waals surface area contributed by atoms with Crippen molar-refractivity contribution in [1.29, 1.82) is 0 Å². The molecule has 1 aromatic carbocycles. The molecule has 0 saturated heterocycles. The van der Waals surface area contributed by atoms with Gasteiger partial charge in [-0.05, 0) is 37.2 Å². The highest BCUT2D eigenvalue weighted by Crippen LogP contribution is 2.28. The summed E-state index contributed by atoms with van der Waals surface area (Å²) in [4.78, 5) is 6.80. The molecule has 2 aliphatic rings. The van der Waals surface area contributed by atoms with E-state index < -0.39 is 0 Å². The van der Waals surface area contributed by atoms with Crippen LogP contribution in [0.3, 0.4) is 0 Å². The maximum absolute atomic E-state index is 5.47. The SMILES string of the molecule is S=C(NC1CC1)N1CCn2c1nc1ccccc12. The molecule has 0 bridgehead atoms. The molecule has 2 heterocycles. The van der Waals surface area contributed by atoms with Crippen LogP contribution in [-0.2, 0) is 6.54 Å². The molecule has 1 fully saturated rings. The minimum Gasteiger partial charge on any atom is -0.359 e. The van der Waals surface area contributed by atoms with Crippen LogP contribution in [0.15, 0.2) is 24.3 Å². The predicted molar refractivity (Wildman–Crippen MR) is 75.8 cm³/mol. The zero-order valence-electron chi connectivity index (χ0n) is 9.97. The average molecular weight is 258 g/mol. The van der Waals surface area contributed by atoms with E-state index in [0.717, 1.165) is 29.7 Å². The summed E-state index contributed by atoms with van der Waals surface area (Å²) in [5.41, 5.74) is 2.25. The molecule has 1 saturated carbocycles. The number of hydrogen-bond acceptors (Lipinski definition) is 2. The third-order valence-electron chi connectivity index (χ3n) is 3.57. The zero-order chi connectivity index (χ0) is 12.1. The van der Waals surface area contributed by atoms with Gasteiger partial charge in [-0.1, -0.05) is 12.1 Å². The molecule has 5 heteroatoms. The molecule has 1 N–H and O–H groups in total. The highest BCUT2D eigenvalue weighted by atomic mass is 32.1. The van der Waals surface area contributed by atoms with E-state index in [1.54, 1.807) is 0 Å². The Hall–Kier alpha value is -1.62. The van der Waals surface area contributed by atoms with Crippen molar-refractivity contribution < 1.29 is 0 Å². The zero-order valence-corrected chi connectivity index (χ0v) is 10.8. The van der Waals surface area contributed by atoms with Crippen LogP contribution in [0.1, 0.15) is 12.8 Å². The Balaban J connectivity index is 1.72. The molecule has 1 aliphatic heterocycles. The highest BCUT2D eigenvalue weighted by Gasteiger charge is 2.29. The molecule has 18 heavy (non-hydrogen) atoms. The molecule has 92 valence electrons. The van der Waals surface area contributed by atoms with Gasteiger partial charge in [0.25, 0.3) is 0 Å². The van der Waals surface area contributed by atoms with Crippen LogP contribution < -0.4 is 10.2 Å². The van der Waals surface area contributed by atoms with Crippen LogP contribution in [-0.4, -0.2) is 27.3 Å². The first-order valence-corrected chi connectivity index (χ1v) is 6.77. The minimum atomic E-state index is 0.593. The first-order chi connectivity index (χ1) is 8.83. The van der Waals surface area contributed by atoms with Crippen molar-refractivity contribution in [2.24, 2.45) is 0 Å². The van der Waals surface area contributed by atoms with Crippen molar-refractivity contribution >= 4 is 34.3 Å². The van der Waals surface area contributed by atoms with Gasteiger partial charge < -0.3 is 9.88 Å². The monoisotopic (exact) mass is 258 g/mol. The second kappa shape index (κ2) is 3.68. The number of nitrogens with zero attached hydrogens (tertiary/aromatic N) is 3. The van der Waals surface area contributed by atoms with Crippen LogP contribution in [0.5, 0.6) is 0 Å². The van der Waals surface area contributed by atoms with Gasteiger partial charge in [0, 0.05) is 19.1 Å². The van der Waals surface area contributed by atoms with E-state index >= 15 is 0 Å². The summed E-state index contributed by atoms with van der Waals surface area (Å²) in [6.45, 7) is 1.88. The van der Waals surface area contributed by atoms with E-state index in [1.807, 2.05) is 6.07 Å². The van der Waals surface area contributed by atoms with Gasteiger partial charge in [-0.2, -0.15) is 0 Å². The van der Waals surface area contributed by atoms with Gasteiger partial charge in [0.05, 0.1) is 11.0 Å². The summed E-state index contributed by atoms with van der Waals surface area (Å²) >= 11 is 5.47. The third kappa shape index (κ3) is 1.50. The fraction of sp³-hybridized carbons (Fsp3) is 0.385. The number of thiocarbonyl (C=S) groups is 1. The van der Waals surface area contributed by atoms with E-state index in [4.69, 9.17) is 12.2 Å². The number of para-hydroxylation sites is 2. The molecular weight excluding hydrogens is 244 g/mol. The number of anilines is 1. The molecule has 0 unspecified atom stereocenters. The van der Waals surface area contributed by atoms with Gasteiger partial charge in [-0.25, -0.2) is 4.98 Å². The first-order valence-electron chi connectivity index (χ1n) is 6.36. The lowest BCUT2D eigenvalue weighted by atomic mass is 10.3. The molecule has 0 spiro atoms. The van der Waals surface area contributed by atoms with Crippen molar-refractivity contribution in [2.45, 2.75) is 25.4 Å². The third-order valence-corrected chi connectivity index (χ3v) is 3.91. The summed E-state index contributed by atoms with van der Waals surface area (Å²) in [6.07, 6.45) is 2.48.